The summed E-state index contributed by atoms with van der Waals surface area (Å²) in [7, 11) is 0. The molecule has 0 saturated heterocycles. The van der Waals surface area contributed by atoms with Crippen molar-refractivity contribution in [1.29, 1.82) is 0 Å². The lowest BCUT2D eigenvalue weighted by atomic mass is 10.2. The van der Waals surface area contributed by atoms with Crippen LogP contribution in [0, 0.1) is 0 Å². The molecule has 1 aliphatic heterocycles. The molecule has 0 unspecified atom stereocenters. The van der Waals surface area contributed by atoms with E-state index < -0.39 is 80.5 Å². The highest BCUT2D eigenvalue weighted by Gasteiger charge is 2.32. The highest BCUT2D eigenvalue weighted by molar-refractivity contribution is 5.73. The highest BCUT2D eigenvalue weighted by atomic mass is 16.6. The van der Waals surface area contributed by atoms with Gasteiger partial charge >= 0.3 is 0 Å². The summed E-state index contributed by atoms with van der Waals surface area (Å²) in [6.07, 6.45) is 0. The van der Waals surface area contributed by atoms with Crippen molar-refractivity contribution in [1.82, 2.24) is 0 Å². The van der Waals surface area contributed by atoms with Crippen LogP contribution >= 0.6 is 0 Å². The molecule has 4 aromatic rings. The molecule has 4 aromatic carbocycles. The average Bonchev–Trinajstić information content (AvgIpc) is 2.79. The van der Waals surface area contributed by atoms with E-state index >= 15 is 0 Å². The van der Waals surface area contributed by atoms with Gasteiger partial charge in [-0.2, -0.15) is 0 Å². The van der Waals surface area contributed by atoms with Gasteiger partial charge in [-0.25, -0.2) is 0 Å². The molecule has 0 radical (unpaired) electrons. The van der Waals surface area contributed by atoms with Crippen LogP contribution in [-0.4, -0.2) is 46.0 Å². The first-order valence-electron chi connectivity index (χ1n) is 10.2. The molecule has 0 aliphatic carbocycles. The van der Waals surface area contributed by atoms with Crippen LogP contribution in [0.4, 0.5) is 0 Å². The molecule has 1 aliphatic rings. The van der Waals surface area contributed by atoms with Gasteiger partial charge in [0.15, 0.2) is 46.0 Å². The van der Waals surface area contributed by atoms with E-state index in [0.717, 1.165) is 36.4 Å². The number of phenolic OH excluding ortho intramolecular Hbond substituents is 9. The number of rotatable bonds is 4. The molecule has 0 amide bonds. The quantitative estimate of drug-likeness (QED) is 0.162. The van der Waals surface area contributed by atoms with Gasteiger partial charge in [0.2, 0.25) is 34.5 Å². The molecule has 9 N–H and O–H groups in total. The maximum atomic E-state index is 10.5. The Hall–Kier alpha value is -5.72. The summed E-state index contributed by atoms with van der Waals surface area (Å²) in [5.74, 6) is -8.47. The predicted molar refractivity (Wildman–Crippen MR) is 121 cm³/mol. The fourth-order valence-corrected chi connectivity index (χ4v) is 3.50. The number of hydrogen-bond acceptors (Lipinski definition) is 13. The normalized spacial score (nSPS) is 11.6. The lowest BCUT2D eigenvalue weighted by Gasteiger charge is -2.25. The van der Waals surface area contributed by atoms with Crippen LogP contribution in [0.1, 0.15) is 0 Å². The number of hydrogen-bond donors (Lipinski definition) is 9. The topological polar surface area (TPSA) is 219 Å². The van der Waals surface area contributed by atoms with Crippen LogP contribution < -0.4 is 18.9 Å². The zero-order valence-electron chi connectivity index (χ0n) is 18.2. The fraction of sp³-hybridized carbons (Fsp3) is 0. The Bertz CT molecular complexity index is 1530. The zero-order chi connectivity index (χ0) is 26.6. The molecule has 0 bridgehead atoms. The Morgan fingerprint density at radius 2 is 0.892 bits per heavy atom. The summed E-state index contributed by atoms with van der Waals surface area (Å²) in [6.45, 7) is 0. The van der Waals surface area contributed by atoms with E-state index in [4.69, 9.17) is 18.9 Å². The fourth-order valence-electron chi connectivity index (χ4n) is 3.50. The summed E-state index contributed by atoms with van der Waals surface area (Å²) >= 11 is 0. The maximum absolute atomic E-state index is 10.5. The number of phenols is 9. The number of fused-ring (bicyclic) bond motifs is 2. The minimum atomic E-state index is -0.701. The number of aromatic hydroxyl groups is 9. The maximum Gasteiger partial charge on any atom is 0.220 e. The van der Waals surface area contributed by atoms with Gasteiger partial charge in [-0.05, 0) is 0 Å². The third kappa shape index (κ3) is 3.95. The summed E-state index contributed by atoms with van der Waals surface area (Å²) in [6, 6.07) is 6.58. The Kier molecular flexibility index (Phi) is 5.10. The molecule has 13 nitrogen and oxygen atoms in total. The standard InChI is InChI=1S/C24H16O13/c25-8-1-11(27)19(12(28)2-8)34-10-5-15(31)21-18(6-10)35-22-16(32)7-17(33)23(24(22)37-21)36-20-13(29)3-9(26)4-14(20)30/h1-7,25-33H. The minimum Gasteiger partial charge on any atom is -0.508 e. The van der Waals surface area contributed by atoms with E-state index in [0.29, 0.717) is 0 Å². The highest BCUT2D eigenvalue weighted by Crippen LogP contribution is 2.61. The van der Waals surface area contributed by atoms with Gasteiger partial charge in [-0.3, -0.25) is 0 Å². The van der Waals surface area contributed by atoms with Crippen LogP contribution in [0.5, 0.6) is 97.7 Å². The second-order valence-corrected chi connectivity index (χ2v) is 7.71. The van der Waals surface area contributed by atoms with Crippen molar-refractivity contribution in [2.24, 2.45) is 0 Å². The van der Waals surface area contributed by atoms with Gasteiger partial charge in [0.05, 0.1) is 0 Å². The molecule has 0 saturated carbocycles. The SMILES string of the molecule is Oc1cc(O)c(Oc2cc(O)c3c(c2)Oc2c(O)cc(O)c(Oc4c(O)cc(O)cc4O)c2O3)c(O)c1. The summed E-state index contributed by atoms with van der Waals surface area (Å²) < 4.78 is 22.1. The van der Waals surface area contributed by atoms with Gasteiger partial charge in [0.25, 0.3) is 0 Å². The molecule has 190 valence electrons. The van der Waals surface area contributed by atoms with Gasteiger partial charge in [0, 0.05) is 42.5 Å². The van der Waals surface area contributed by atoms with Crippen LogP contribution in [0.25, 0.3) is 0 Å². The lowest BCUT2D eigenvalue weighted by Crippen LogP contribution is -2.02. The van der Waals surface area contributed by atoms with Crippen LogP contribution in [0.15, 0.2) is 42.5 Å². The molecular formula is C24H16O13. The molecule has 1 heterocycles. The second kappa shape index (κ2) is 8.20. The summed E-state index contributed by atoms with van der Waals surface area (Å²) in [5, 5.41) is 90.2. The Balaban J connectivity index is 1.54. The van der Waals surface area contributed by atoms with E-state index in [9.17, 15) is 46.0 Å². The first-order valence-corrected chi connectivity index (χ1v) is 10.2. The molecule has 5 rings (SSSR count). The largest absolute Gasteiger partial charge is 0.508 e. The molecule has 13 heteroatoms. The molecule has 0 fully saturated rings. The molecule has 0 spiro atoms. The Morgan fingerprint density at radius 1 is 0.405 bits per heavy atom. The summed E-state index contributed by atoms with van der Waals surface area (Å²) in [5.41, 5.74) is 0. The van der Waals surface area contributed by atoms with Gasteiger partial charge < -0.3 is 64.9 Å². The first kappa shape index (κ1) is 23.0. The van der Waals surface area contributed by atoms with Gasteiger partial charge in [-0.15, -0.1) is 0 Å². The molecule has 0 atom stereocenters. The van der Waals surface area contributed by atoms with E-state index in [-0.39, 0.29) is 17.2 Å². The predicted octanol–water partition coefficient (Wildman–Crippen LogP) is 4.52. The van der Waals surface area contributed by atoms with E-state index in [1.165, 1.54) is 6.07 Å². The minimum absolute atomic E-state index is 0.159. The van der Waals surface area contributed by atoms with Crippen molar-refractivity contribution in [2.75, 3.05) is 0 Å². The second-order valence-electron chi connectivity index (χ2n) is 7.71. The van der Waals surface area contributed by atoms with E-state index in [1.54, 1.807) is 0 Å². The summed E-state index contributed by atoms with van der Waals surface area (Å²) in [4.78, 5) is 0. The van der Waals surface area contributed by atoms with Crippen LogP contribution in [0.2, 0.25) is 0 Å². The lowest BCUT2D eigenvalue weighted by molar-refractivity contribution is 0.293. The molecule has 37 heavy (non-hydrogen) atoms. The monoisotopic (exact) mass is 512 g/mol. The van der Waals surface area contributed by atoms with E-state index in [1.807, 2.05) is 0 Å². The third-order valence-corrected chi connectivity index (χ3v) is 5.07. The van der Waals surface area contributed by atoms with Crippen molar-refractivity contribution < 1.29 is 64.9 Å². The van der Waals surface area contributed by atoms with Gasteiger partial charge in [0.1, 0.15) is 17.2 Å². The number of benzene rings is 4. The molecule has 0 aromatic heterocycles. The van der Waals surface area contributed by atoms with Crippen molar-refractivity contribution in [2.45, 2.75) is 0 Å². The smallest absolute Gasteiger partial charge is 0.220 e. The average molecular weight is 512 g/mol. The van der Waals surface area contributed by atoms with Crippen molar-refractivity contribution in [3.63, 3.8) is 0 Å². The number of ether oxygens (including phenoxy) is 4. The van der Waals surface area contributed by atoms with Crippen LogP contribution in [-0.2, 0) is 0 Å². The Labute approximate surface area is 205 Å². The van der Waals surface area contributed by atoms with Gasteiger partial charge in [-0.1, -0.05) is 0 Å². The van der Waals surface area contributed by atoms with Crippen molar-refractivity contribution >= 4 is 0 Å². The first-order chi connectivity index (χ1) is 17.5. The van der Waals surface area contributed by atoms with Crippen LogP contribution in [0.3, 0.4) is 0 Å². The van der Waals surface area contributed by atoms with Crippen molar-refractivity contribution in [3.05, 3.63) is 42.5 Å². The van der Waals surface area contributed by atoms with E-state index in [2.05, 4.69) is 0 Å². The Morgan fingerprint density at radius 3 is 1.46 bits per heavy atom. The zero-order valence-corrected chi connectivity index (χ0v) is 18.2. The van der Waals surface area contributed by atoms with Crippen molar-refractivity contribution in [3.8, 4) is 97.7 Å². The third-order valence-electron chi connectivity index (χ3n) is 5.07. The molecular weight excluding hydrogens is 496 g/mol.